The van der Waals surface area contributed by atoms with E-state index in [2.05, 4.69) is 99.2 Å². The van der Waals surface area contributed by atoms with E-state index in [4.69, 9.17) is 13.2 Å². The molecule has 0 unspecified atom stereocenters. The largest absolute Gasteiger partial charge is 0.0955 e. The molecule has 2 aromatic rings. The number of hydrogen-bond donors (Lipinski definition) is 0. The van der Waals surface area contributed by atoms with Gasteiger partial charge in [-0.1, -0.05) is 100 Å². The van der Waals surface area contributed by atoms with E-state index in [-0.39, 0.29) is 16.2 Å². The highest BCUT2D eigenvalue weighted by Crippen LogP contribution is 2.70. The molecule has 38 heavy (non-hydrogen) atoms. The smallest absolute Gasteiger partial charge is 0.0194 e. The van der Waals surface area contributed by atoms with Gasteiger partial charge in [-0.3, -0.25) is 0 Å². The first kappa shape index (κ1) is 26.7. The molecule has 0 nitrogen and oxygen atoms in total. The van der Waals surface area contributed by atoms with Gasteiger partial charge in [0, 0.05) is 5.41 Å². The van der Waals surface area contributed by atoms with Crippen LogP contribution < -0.4 is 0 Å². The topological polar surface area (TPSA) is 0 Å². The minimum Gasteiger partial charge on any atom is -0.0955 e. The zero-order valence-corrected chi connectivity index (χ0v) is 25.3. The van der Waals surface area contributed by atoms with Gasteiger partial charge in [0.05, 0.1) is 0 Å². The van der Waals surface area contributed by atoms with Crippen molar-refractivity contribution >= 4 is 5.57 Å². The number of rotatable bonds is 3. The van der Waals surface area contributed by atoms with E-state index in [1.807, 2.05) is 0 Å². The summed E-state index contributed by atoms with van der Waals surface area (Å²) in [6, 6.07) is 11.6. The molecule has 0 spiro atoms. The van der Waals surface area contributed by atoms with Gasteiger partial charge in [0.1, 0.15) is 0 Å². The number of allylic oxidation sites excluding steroid dienone is 7. The van der Waals surface area contributed by atoms with Crippen LogP contribution in [0.25, 0.3) is 16.7 Å². The first-order chi connectivity index (χ1) is 17.7. The minimum absolute atomic E-state index is 0.0311. The lowest BCUT2D eigenvalue weighted by Crippen LogP contribution is -2.52. The van der Waals surface area contributed by atoms with Crippen molar-refractivity contribution in [3.05, 3.63) is 111 Å². The molecule has 0 radical (unpaired) electrons. The van der Waals surface area contributed by atoms with Crippen LogP contribution in [-0.4, -0.2) is 0 Å². The van der Waals surface area contributed by atoms with Crippen molar-refractivity contribution in [3.8, 4) is 11.1 Å². The highest BCUT2D eigenvalue weighted by Gasteiger charge is 2.59. The van der Waals surface area contributed by atoms with E-state index in [1.54, 1.807) is 0 Å². The monoisotopic (exact) mass is 502 g/mol. The molecule has 3 aliphatic rings. The highest BCUT2D eigenvalue weighted by atomic mass is 14.6. The normalized spacial score (nSPS) is 28.8. The number of fused-ring (bicyclic) bond motifs is 3. The van der Waals surface area contributed by atoms with E-state index in [9.17, 15) is 0 Å². The van der Waals surface area contributed by atoms with Crippen molar-refractivity contribution < 1.29 is 0 Å². The SMILES string of the molecule is C=C(C)C1=C(C)C[C@@]2(C)C[C@@]3(C)Cc4c(-c5ccc(C)cc5)cc(CC)c(C)c4C(=C)C3=C(C)[C@@]2(C)C1=C. The van der Waals surface area contributed by atoms with Crippen LogP contribution in [0, 0.1) is 30.1 Å². The van der Waals surface area contributed by atoms with Crippen LogP contribution in [0.3, 0.4) is 0 Å². The Morgan fingerprint density at radius 2 is 1.58 bits per heavy atom. The fraction of sp³-hybridized carbons (Fsp3) is 0.421. The summed E-state index contributed by atoms with van der Waals surface area (Å²) in [5.41, 5.74) is 19.1. The molecule has 3 atom stereocenters. The van der Waals surface area contributed by atoms with Gasteiger partial charge in [0.2, 0.25) is 0 Å². The summed E-state index contributed by atoms with van der Waals surface area (Å²) < 4.78 is 0. The molecule has 0 saturated heterocycles. The maximum Gasteiger partial charge on any atom is 0.0194 e. The van der Waals surface area contributed by atoms with E-state index in [1.165, 1.54) is 72.4 Å². The van der Waals surface area contributed by atoms with Crippen molar-refractivity contribution in [1.29, 1.82) is 0 Å². The van der Waals surface area contributed by atoms with E-state index in [0.29, 0.717) is 0 Å². The second-order valence-electron chi connectivity index (χ2n) is 13.5. The third-order valence-electron chi connectivity index (χ3n) is 10.8. The third kappa shape index (κ3) is 3.41. The van der Waals surface area contributed by atoms with Gasteiger partial charge in [0.25, 0.3) is 0 Å². The lowest BCUT2D eigenvalue weighted by atomic mass is 9.41. The molecule has 0 bridgehead atoms. The molecule has 0 heteroatoms. The molecule has 0 aromatic heterocycles. The zero-order chi connectivity index (χ0) is 27.9. The Morgan fingerprint density at radius 1 is 0.947 bits per heavy atom. The molecule has 2 aromatic carbocycles. The van der Waals surface area contributed by atoms with Gasteiger partial charge >= 0.3 is 0 Å². The van der Waals surface area contributed by atoms with Gasteiger partial charge in [0.15, 0.2) is 0 Å². The number of aryl methyl sites for hydroxylation is 2. The molecule has 0 amide bonds. The maximum atomic E-state index is 4.89. The van der Waals surface area contributed by atoms with Gasteiger partial charge in [-0.15, -0.1) is 0 Å². The zero-order valence-electron chi connectivity index (χ0n) is 25.3. The summed E-state index contributed by atoms with van der Waals surface area (Å²) in [7, 11) is 0. The fourth-order valence-electron chi connectivity index (χ4n) is 9.01. The first-order valence-electron chi connectivity index (χ1n) is 14.4. The van der Waals surface area contributed by atoms with Gasteiger partial charge < -0.3 is 0 Å². The average Bonchev–Trinajstić information content (AvgIpc) is 2.82. The molecule has 0 aliphatic heterocycles. The molecule has 3 aliphatic carbocycles. The van der Waals surface area contributed by atoms with Crippen molar-refractivity contribution in [3.63, 3.8) is 0 Å². The van der Waals surface area contributed by atoms with Crippen molar-refractivity contribution in [1.82, 2.24) is 0 Å². The molecule has 0 saturated carbocycles. The molecule has 198 valence electrons. The van der Waals surface area contributed by atoms with Crippen LogP contribution in [0.2, 0.25) is 0 Å². The average molecular weight is 503 g/mol. The van der Waals surface area contributed by atoms with Gasteiger partial charge in [-0.25, -0.2) is 0 Å². The summed E-state index contributed by atoms with van der Waals surface area (Å²) >= 11 is 0. The Labute approximate surface area is 232 Å². The summed E-state index contributed by atoms with van der Waals surface area (Å²) in [5.74, 6) is 0. The van der Waals surface area contributed by atoms with E-state index >= 15 is 0 Å². The molecule has 0 heterocycles. The standard InChI is InChI=1S/C38H46/c1-13-29-18-31(30-16-14-23(4)15-17-30)32-20-36(10)21-37(11)19-24(5)33(22(2)3)27(8)38(37,12)28(9)35(36)26(7)34(32)25(29)6/h14-18H,2,7-8,13,19-21H2,1,3-6,9-12H3/t36-,37+,38-/m1/s1. The molecular formula is C38H46. The highest BCUT2D eigenvalue weighted by molar-refractivity contribution is 5.90. The van der Waals surface area contributed by atoms with Crippen LogP contribution in [0.15, 0.2) is 83.5 Å². The number of hydrogen-bond acceptors (Lipinski definition) is 0. The van der Waals surface area contributed by atoms with Crippen molar-refractivity contribution in [2.24, 2.45) is 16.2 Å². The Kier molecular flexibility index (Phi) is 6.03. The molecule has 0 N–H and O–H groups in total. The Bertz CT molecular complexity index is 1480. The van der Waals surface area contributed by atoms with Crippen LogP contribution in [0.1, 0.15) is 89.1 Å². The molecular weight excluding hydrogens is 456 g/mol. The van der Waals surface area contributed by atoms with Crippen LogP contribution in [-0.2, 0) is 12.8 Å². The molecule has 0 fully saturated rings. The van der Waals surface area contributed by atoms with E-state index in [0.717, 1.165) is 31.3 Å². The predicted molar refractivity (Wildman–Crippen MR) is 166 cm³/mol. The Hall–Kier alpha value is -2.86. The third-order valence-corrected chi connectivity index (χ3v) is 10.8. The second-order valence-corrected chi connectivity index (χ2v) is 13.5. The molecule has 5 rings (SSSR count). The Morgan fingerprint density at radius 3 is 2.16 bits per heavy atom. The summed E-state index contributed by atoms with van der Waals surface area (Å²) in [6.45, 7) is 35.1. The lowest BCUT2D eigenvalue weighted by Gasteiger charge is -2.62. The second kappa shape index (κ2) is 8.57. The summed E-state index contributed by atoms with van der Waals surface area (Å²) in [6.07, 6.45) is 4.29. The quantitative estimate of drug-likeness (QED) is 0.391. The van der Waals surface area contributed by atoms with Crippen LogP contribution in [0.5, 0.6) is 0 Å². The van der Waals surface area contributed by atoms with Crippen LogP contribution in [0.4, 0.5) is 0 Å². The Balaban J connectivity index is 1.80. The minimum atomic E-state index is -0.119. The van der Waals surface area contributed by atoms with E-state index < -0.39 is 0 Å². The fourth-order valence-corrected chi connectivity index (χ4v) is 9.01. The first-order valence-corrected chi connectivity index (χ1v) is 14.4. The lowest BCUT2D eigenvalue weighted by molar-refractivity contribution is 0.0544. The van der Waals surface area contributed by atoms with Crippen molar-refractivity contribution in [2.45, 2.75) is 88.0 Å². The predicted octanol–water partition coefficient (Wildman–Crippen LogP) is 10.7. The van der Waals surface area contributed by atoms with Gasteiger partial charge in [-0.2, -0.15) is 0 Å². The maximum absolute atomic E-state index is 4.89. The van der Waals surface area contributed by atoms with Crippen LogP contribution >= 0.6 is 0 Å². The van der Waals surface area contributed by atoms with Crippen molar-refractivity contribution in [2.75, 3.05) is 0 Å². The summed E-state index contributed by atoms with van der Waals surface area (Å²) in [4.78, 5) is 0. The number of benzene rings is 2. The van der Waals surface area contributed by atoms with Gasteiger partial charge in [-0.05, 0) is 127 Å². The summed E-state index contributed by atoms with van der Waals surface area (Å²) in [5, 5.41) is 0.